The lowest BCUT2D eigenvalue weighted by Gasteiger charge is -2.32. The van der Waals surface area contributed by atoms with E-state index in [2.05, 4.69) is 42.0 Å². The number of aryl methyl sites for hydroxylation is 1. The number of carbonyl (C=O) groups is 1. The molecule has 1 saturated heterocycles. The van der Waals surface area contributed by atoms with Crippen LogP contribution in [-0.2, 0) is 6.54 Å². The number of para-hydroxylation sites is 1. The van der Waals surface area contributed by atoms with Crippen molar-refractivity contribution in [3.8, 4) is 0 Å². The second-order valence-electron chi connectivity index (χ2n) is 7.61. The van der Waals surface area contributed by atoms with E-state index in [4.69, 9.17) is 34.8 Å². The Balaban J connectivity index is 1.53. The number of fused-ring (bicyclic) bond motifs is 1. The van der Waals surface area contributed by atoms with Gasteiger partial charge in [-0.3, -0.25) is 4.79 Å². The number of benzene rings is 2. The number of hydrogen-bond acceptors (Lipinski definition) is 1. The largest absolute Gasteiger partial charge is 0.347 e. The van der Waals surface area contributed by atoms with Crippen LogP contribution in [0.5, 0.6) is 0 Å². The average Bonchev–Trinajstić information content (AvgIpc) is 3.06. The average molecular weight is 450 g/mol. The van der Waals surface area contributed by atoms with E-state index in [0.717, 1.165) is 25.8 Å². The number of rotatable bonds is 4. The van der Waals surface area contributed by atoms with Crippen molar-refractivity contribution in [2.24, 2.45) is 0 Å². The molecule has 3 aromatic rings. The van der Waals surface area contributed by atoms with Gasteiger partial charge >= 0.3 is 0 Å². The van der Waals surface area contributed by atoms with Crippen molar-refractivity contribution in [1.29, 1.82) is 0 Å². The predicted octanol–water partition coefficient (Wildman–Crippen LogP) is 7.03. The lowest BCUT2D eigenvalue weighted by Crippen LogP contribution is -2.38. The second-order valence-corrected chi connectivity index (χ2v) is 8.86. The molecular formula is C23H23Cl3N2O. The van der Waals surface area contributed by atoms with Crippen molar-refractivity contribution in [2.75, 3.05) is 13.1 Å². The summed E-state index contributed by atoms with van der Waals surface area (Å²) in [5, 5.41) is 2.36. The minimum absolute atomic E-state index is 0.122. The van der Waals surface area contributed by atoms with Gasteiger partial charge in [0.05, 0.1) is 15.6 Å². The highest BCUT2D eigenvalue weighted by molar-refractivity contribution is 6.42. The molecule has 1 aliphatic rings. The maximum atomic E-state index is 13.0. The van der Waals surface area contributed by atoms with Gasteiger partial charge in [0, 0.05) is 41.8 Å². The molecule has 1 amide bonds. The number of piperidine rings is 1. The Bertz CT molecular complexity index is 1030. The predicted molar refractivity (Wildman–Crippen MR) is 122 cm³/mol. The van der Waals surface area contributed by atoms with Crippen LogP contribution in [0, 0.1) is 0 Å². The number of aromatic nitrogens is 1. The zero-order valence-corrected chi connectivity index (χ0v) is 18.6. The molecule has 0 N–H and O–H groups in total. The summed E-state index contributed by atoms with van der Waals surface area (Å²) >= 11 is 18.5. The van der Waals surface area contributed by atoms with Crippen molar-refractivity contribution < 1.29 is 4.79 Å². The Morgan fingerprint density at radius 1 is 1.07 bits per heavy atom. The van der Waals surface area contributed by atoms with Gasteiger partial charge in [-0.15, -0.1) is 0 Å². The third-order valence-corrected chi connectivity index (χ3v) is 6.54. The zero-order chi connectivity index (χ0) is 20.5. The fourth-order valence-electron chi connectivity index (χ4n) is 4.32. The lowest BCUT2D eigenvalue weighted by molar-refractivity contribution is 0.0713. The zero-order valence-electron chi connectivity index (χ0n) is 16.3. The molecule has 3 nitrogen and oxygen atoms in total. The first-order valence-corrected chi connectivity index (χ1v) is 11.1. The van der Waals surface area contributed by atoms with Crippen molar-refractivity contribution in [3.63, 3.8) is 0 Å². The van der Waals surface area contributed by atoms with E-state index in [9.17, 15) is 4.79 Å². The van der Waals surface area contributed by atoms with Crippen LogP contribution in [-0.4, -0.2) is 28.5 Å². The van der Waals surface area contributed by atoms with Gasteiger partial charge in [-0.25, -0.2) is 0 Å². The van der Waals surface area contributed by atoms with Crippen LogP contribution in [0.25, 0.3) is 10.9 Å². The number of carbonyl (C=O) groups excluding carboxylic acids is 1. The Hall–Kier alpha value is -1.68. The molecule has 1 aromatic heterocycles. The molecule has 0 atom stereocenters. The van der Waals surface area contributed by atoms with E-state index < -0.39 is 0 Å². The van der Waals surface area contributed by atoms with E-state index in [1.807, 2.05) is 4.90 Å². The molecule has 1 aliphatic heterocycles. The molecule has 0 saturated carbocycles. The first kappa shape index (κ1) is 20.6. The number of likely N-dealkylation sites (tertiary alicyclic amines) is 1. The van der Waals surface area contributed by atoms with Gasteiger partial charge in [-0.2, -0.15) is 0 Å². The summed E-state index contributed by atoms with van der Waals surface area (Å²) in [5.41, 5.74) is 3.03. The third-order valence-electron chi connectivity index (χ3n) is 5.73. The van der Waals surface area contributed by atoms with Crippen LogP contribution < -0.4 is 0 Å². The van der Waals surface area contributed by atoms with E-state index in [-0.39, 0.29) is 5.91 Å². The van der Waals surface area contributed by atoms with E-state index in [1.54, 1.807) is 12.1 Å². The normalized spacial score (nSPS) is 15.2. The first-order valence-electron chi connectivity index (χ1n) is 10.0. The van der Waals surface area contributed by atoms with Gasteiger partial charge < -0.3 is 9.47 Å². The third kappa shape index (κ3) is 4.01. The second kappa shape index (κ2) is 8.59. The molecule has 152 valence electrons. The highest BCUT2D eigenvalue weighted by Gasteiger charge is 2.28. The Morgan fingerprint density at radius 3 is 2.38 bits per heavy atom. The number of nitrogens with zero attached hydrogens (tertiary/aromatic N) is 2. The monoisotopic (exact) mass is 448 g/mol. The van der Waals surface area contributed by atoms with Crippen LogP contribution in [0.4, 0.5) is 0 Å². The standard InChI is InChI=1S/C23H23Cl3N2O/c1-2-9-28-14-18(17-5-3-4-6-21(17)28)15-7-10-27(11-8-15)23(29)22-19(25)12-16(24)13-20(22)26/h3-6,12-15H,2,7-11H2,1H3. The molecule has 0 spiro atoms. The SMILES string of the molecule is CCCn1cc(C2CCN(C(=O)c3c(Cl)cc(Cl)cc3Cl)CC2)c2ccccc21. The summed E-state index contributed by atoms with van der Waals surface area (Å²) < 4.78 is 2.36. The van der Waals surface area contributed by atoms with Gasteiger partial charge in [-0.1, -0.05) is 59.9 Å². The fraction of sp³-hybridized carbons (Fsp3) is 0.348. The fourth-order valence-corrected chi connectivity index (χ4v) is 5.30. The van der Waals surface area contributed by atoms with Gasteiger partial charge in [0.2, 0.25) is 0 Å². The van der Waals surface area contributed by atoms with Crippen molar-refractivity contribution in [1.82, 2.24) is 9.47 Å². The maximum absolute atomic E-state index is 13.0. The summed E-state index contributed by atoms with van der Waals surface area (Å²) in [6.07, 6.45) is 5.26. The molecular weight excluding hydrogens is 427 g/mol. The first-order chi connectivity index (χ1) is 14.0. The molecule has 2 heterocycles. The summed E-state index contributed by atoms with van der Waals surface area (Å²) in [6, 6.07) is 11.7. The summed E-state index contributed by atoms with van der Waals surface area (Å²) in [7, 11) is 0. The molecule has 2 aromatic carbocycles. The molecule has 29 heavy (non-hydrogen) atoms. The van der Waals surface area contributed by atoms with Gasteiger partial charge in [0.25, 0.3) is 5.91 Å². The van der Waals surface area contributed by atoms with Crippen LogP contribution in [0.3, 0.4) is 0 Å². The smallest absolute Gasteiger partial charge is 0.256 e. The molecule has 6 heteroatoms. The summed E-state index contributed by atoms with van der Waals surface area (Å²) in [4.78, 5) is 14.9. The molecule has 0 bridgehead atoms. The van der Waals surface area contributed by atoms with Crippen molar-refractivity contribution in [3.05, 3.63) is 68.8 Å². The van der Waals surface area contributed by atoms with E-state index in [1.165, 1.54) is 16.5 Å². The molecule has 1 fully saturated rings. The van der Waals surface area contributed by atoms with Crippen LogP contribution in [0.1, 0.15) is 48.0 Å². The number of halogens is 3. The van der Waals surface area contributed by atoms with Crippen molar-refractivity contribution in [2.45, 2.75) is 38.6 Å². The number of amides is 1. The van der Waals surface area contributed by atoms with Crippen LogP contribution >= 0.6 is 34.8 Å². The van der Waals surface area contributed by atoms with Gasteiger partial charge in [0.15, 0.2) is 0 Å². The minimum atomic E-state index is -0.122. The Morgan fingerprint density at radius 2 is 1.72 bits per heavy atom. The summed E-state index contributed by atoms with van der Waals surface area (Å²) in [6.45, 7) is 4.59. The highest BCUT2D eigenvalue weighted by atomic mass is 35.5. The maximum Gasteiger partial charge on any atom is 0.256 e. The Kier molecular flexibility index (Phi) is 6.10. The molecule has 0 radical (unpaired) electrons. The van der Waals surface area contributed by atoms with Crippen LogP contribution in [0.2, 0.25) is 15.1 Å². The number of hydrogen-bond donors (Lipinski definition) is 0. The Labute approximate surface area is 186 Å². The molecule has 0 unspecified atom stereocenters. The minimum Gasteiger partial charge on any atom is -0.347 e. The molecule has 4 rings (SSSR count). The van der Waals surface area contributed by atoms with E-state index in [0.29, 0.717) is 39.6 Å². The highest BCUT2D eigenvalue weighted by Crippen LogP contribution is 2.36. The van der Waals surface area contributed by atoms with Gasteiger partial charge in [0.1, 0.15) is 0 Å². The van der Waals surface area contributed by atoms with Crippen LogP contribution in [0.15, 0.2) is 42.6 Å². The topological polar surface area (TPSA) is 25.2 Å². The summed E-state index contributed by atoms with van der Waals surface area (Å²) in [5.74, 6) is 0.321. The van der Waals surface area contributed by atoms with Crippen molar-refractivity contribution >= 4 is 51.6 Å². The van der Waals surface area contributed by atoms with E-state index >= 15 is 0 Å². The quantitative estimate of drug-likeness (QED) is 0.419. The van der Waals surface area contributed by atoms with Gasteiger partial charge in [-0.05, 0) is 48.9 Å². The molecule has 0 aliphatic carbocycles. The lowest BCUT2D eigenvalue weighted by atomic mass is 9.89.